The number of carbonyl (C=O) groups excluding carboxylic acids is 2. The molecule has 0 aromatic heterocycles. The van der Waals surface area contributed by atoms with Crippen molar-refractivity contribution in [3.05, 3.63) is 0 Å². The van der Waals surface area contributed by atoms with Gasteiger partial charge in [-0.2, -0.15) is 0 Å². The molecule has 116 valence electrons. The maximum absolute atomic E-state index is 11.5. The number of hydrogen-bond acceptors (Lipinski definition) is 5. The van der Waals surface area contributed by atoms with E-state index in [1.165, 1.54) is 0 Å². The third kappa shape index (κ3) is 5.46. The zero-order valence-electron chi connectivity index (χ0n) is 11.9. The molecule has 7 nitrogen and oxygen atoms in total. The van der Waals surface area contributed by atoms with Crippen LogP contribution < -0.4 is 16.4 Å². The maximum atomic E-state index is 11.5. The van der Waals surface area contributed by atoms with E-state index in [0.29, 0.717) is 13.0 Å². The Morgan fingerprint density at radius 3 is 2.45 bits per heavy atom. The molecule has 1 saturated heterocycles. The van der Waals surface area contributed by atoms with E-state index in [2.05, 4.69) is 10.6 Å². The van der Waals surface area contributed by atoms with E-state index in [1.807, 2.05) is 13.8 Å². The average molecular weight is 305 g/mol. The number of hydrogen-bond donors (Lipinski definition) is 3. The summed E-state index contributed by atoms with van der Waals surface area (Å²) in [6.45, 7) is 3.83. The standard InChI is InChI=1S/C12H23N3O4S/c1-8(2)11(13)12(17)15-6-10(16)14-5-9-3-4-20(18,19)7-9/h8-9,11H,3-7,13H2,1-2H3,(H,14,16)(H,15,17)/t9?,11-/m0/s1. The van der Waals surface area contributed by atoms with Gasteiger partial charge in [0.05, 0.1) is 24.1 Å². The molecule has 0 bridgehead atoms. The highest BCUT2D eigenvalue weighted by molar-refractivity contribution is 7.91. The predicted octanol–water partition coefficient (Wildman–Crippen LogP) is -1.36. The van der Waals surface area contributed by atoms with Crippen LogP contribution in [0.5, 0.6) is 0 Å². The third-order valence-corrected chi connectivity index (χ3v) is 5.20. The van der Waals surface area contributed by atoms with Crippen LogP contribution >= 0.6 is 0 Å². The van der Waals surface area contributed by atoms with Gasteiger partial charge in [-0.25, -0.2) is 8.42 Å². The van der Waals surface area contributed by atoms with Crippen molar-refractivity contribution in [3.8, 4) is 0 Å². The summed E-state index contributed by atoms with van der Waals surface area (Å²) in [6.07, 6.45) is 0.577. The summed E-state index contributed by atoms with van der Waals surface area (Å²) in [6, 6.07) is -0.636. The molecule has 1 fully saturated rings. The van der Waals surface area contributed by atoms with E-state index in [9.17, 15) is 18.0 Å². The molecule has 0 saturated carbocycles. The number of nitrogens with one attached hydrogen (secondary N) is 2. The van der Waals surface area contributed by atoms with E-state index in [-0.39, 0.29) is 41.7 Å². The molecule has 20 heavy (non-hydrogen) atoms. The molecule has 1 aliphatic heterocycles. The molecule has 0 aromatic rings. The van der Waals surface area contributed by atoms with Crippen molar-refractivity contribution >= 4 is 21.7 Å². The van der Waals surface area contributed by atoms with Gasteiger partial charge in [-0.3, -0.25) is 9.59 Å². The molecule has 1 heterocycles. The molecule has 0 spiro atoms. The zero-order chi connectivity index (χ0) is 15.3. The third-order valence-electron chi connectivity index (χ3n) is 3.36. The van der Waals surface area contributed by atoms with Gasteiger partial charge < -0.3 is 16.4 Å². The first-order valence-corrected chi connectivity index (χ1v) is 8.54. The lowest BCUT2D eigenvalue weighted by Crippen LogP contribution is -2.47. The molecule has 2 atom stereocenters. The van der Waals surface area contributed by atoms with Crippen LogP contribution in [-0.2, 0) is 19.4 Å². The van der Waals surface area contributed by atoms with Gasteiger partial charge >= 0.3 is 0 Å². The van der Waals surface area contributed by atoms with E-state index >= 15 is 0 Å². The van der Waals surface area contributed by atoms with Crippen molar-refractivity contribution in [1.29, 1.82) is 0 Å². The van der Waals surface area contributed by atoms with E-state index in [1.54, 1.807) is 0 Å². The molecule has 1 unspecified atom stereocenters. The Morgan fingerprint density at radius 1 is 1.30 bits per heavy atom. The van der Waals surface area contributed by atoms with Crippen LogP contribution in [-0.4, -0.2) is 50.9 Å². The average Bonchev–Trinajstić information content (AvgIpc) is 2.72. The summed E-state index contributed by atoms with van der Waals surface area (Å²) in [7, 11) is -2.93. The minimum absolute atomic E-state index is 0.00163. The van der Waals surface area contributed by atoms with Crippen LogP contribution in [0.2, 0.25) is 0 Å². The molecule has 0 aliphatic carbocycles. The fourth-order valence-corrected chi connectivity index (χ4v) is 3.80. The fourth-order valence-electron chi connectivity index (χ4n) is 1.94. The lowest BCUT2D eigenvalue weighted by Gasteiger charge is -2.15. The van der Waals surface area contributed by atoms with E-state index < -0.39 is 15.9 Å². The molecule has 2 amide bonds. The summed E-state index contributed by atoms with van der Waals surface area (Å²) in [5.41, 5.74) is 5.64. The quantitative estimate of drug-likeness (QED) is 0.560. The first-order valence-electron chi connectivity index (χ1n) is 6.71. The highest BCUT2D eigenvalue weighted by Gasteiger charge is 2.28. The second-order valence-electron chi connectivity index (χ2n) is 5.56. The van der Waals surface area contributed by atoms with Gasteiger partial charge in [-0.05, 0) is 18.3 Å². The molecular formula is C12H23N3O4S. The molecule has 4 N–H and O–H groups in total. The maximum Gasteiger partial charge on any atom is 0.239 e. The van der Waals surface area contributed by atoms with Gasteiger partial charge in [0.15, 0.2) is 9.84 Å². The van der Waals surface area contributed by atoms with Crippen LogP contribution in [0, 0.1) is 11.8 Å². The number of amides is 2. The van der Waals surface area contributed by atoms with Gasteiger partial charge in [0.2, 0.25) is 11.8 Å². The number of nitrogens with two attached hydrogens (primary N) is 1. The van der Waals surface area contributed by atoms with Crippen molar-refractivity contribution in [2.24, 2.45) is 17.6 Å². The smallest absolute Gasteiger partial charge is 0.239 e. The Kier molecular flexibility index (Phi) is 5.94. The van der Waals surface area contributed by atoms with Gasteiger partial charge in [0.1, 0.15) is 0 Å². The summed E-state index contributed by atoms with van der Waals surface area (Å²) in [5, 5.41) is 5.09. The van der Waals surface area contributed by atoms with Gasteiger partial charge in [0.25, 0.3) is 0 Å². The normalized spacial score (nSPS) is 22.5. The number of sulfone groups is 1. The highest BCUT2D eigenvalue weighted by Crippen LogP contribution is 2.17. The van der Waals surface area contributed by atoms with Crippen molar-refractivity contribution in [2.45, 2.75) is 26.3 Å². The zero-order valence-corrected chi connectivity index (χ0v) is 12.7. The summed E-state index contributed by atoms with van der Waals surface area (Å²) >= 11 is 0. The Morgan fingerprint density at radius 2 is 1.95 bits per heavy atom. The van der Waals surface area contributed by atoms with E-state index in [0.717, 1.165) is 0 Å². The van der Waals surface area contributed by atoms with Gasteiger partial charge in [-0.1, -0.05) is 13.8 Å². The monoisotopic (exact) mass is 305 g/mol. The van der Waals surface area contributed by atoms with Gasteiger partial charge in [0, 0.05) is 6.54 Å². The van der Waals surface area contributed by atoms with Crippen LogP contribution in [0.4, 0.5) is 0 Å². The van der Waals surface area contributed by atoms with E-state index in [4.69, 9.17) is 5.73 Å². The molecular weight excluding hydrogens is 282 g/mol. The van der Waals surface area contributed by atoms with Crippen LogP contribution in [0.3, 0.4) is 0 Å². The van der Waals surface area contributed by atoms with Crippen molar-refractivity contribution in [1.82, 2.24) is 10.6 Å². The predicted molar refractivity (Wildman–Crippen MR) is 75.6 cm³/mol. The lowest BCUT2D eigenvalue weighted by molar-refractivity contribution is -0.127. The number of rotatable bonds is 6. The first kappa shape index (κ1) is 16.9. The Bertz CT molecular complexity index is 461. The summed E-state index contributed by atoms with van der Waals surface area (Å²) in [4.78, 5) is 23.1. The topological polar surface area (TPSA) is 118 Å². The van der Waals surface area contributed by atoms with Crippen LogP contribution in [0.25, 0.3) is 0 Å². The molecule has 1 rings (SSSR count). The second kappa shape index (κ2) is 7.03. The number of carbonyl (C=O) groups is 2. The molecule has 0 radical (unpaired) electrons. The fraction of sp³-hybridized carbons (Fsp3) is 0.833. The minimum Gasteiger partial charge on any atom is -0.354 e. The Labute approximate surface area is 119 Å². The summed E-state index contributed by atoms with van der Waals surface area (Å²) in [5.74, 6) is -0.415. The van der Waals surface area contributed by atoms with Crippen molar-refractivity contribution < 1.29 is 18.0 Å². The molecule has 1 aliphatic rings. The lowest BCUT2D eigenvalue weighted by atomic mass is 10.1. The SMILES string of the molecule is CC(C)[C@H](N)C(=O)NCC(=O)NCC1CCS(=O)(=O)C1. The van der Waals surface area contributed by atoms with Crippen molar-refractivity contribution in [3.63, 3.8) is 0 Å². The Hall–Kier alpha value is -1.15. The first-order chi connectivity index (χ1) is 9.21. The summed E-state index contributed by atoms with van der Waals surface area (Å²) < 4.78 is 22.5. The molecule has 0 aromatic carbocycles. The highest BCUT2D eigenvalue weighted by atomic mass is 32.2. The van der Waals surface area contributed by atoms with Crippen LogP contribution in [0.15, 0.2) is 0 Å². The largest absolute Gasteiger partial charge is 0.354 e. The van der Waals surface area contributed by atoms with Gasteiger partial charge in [-0.15, -0.1) is 0 Å². The minimum atomic E-state index is -2.93. The molecule has 8 heteroatoms. The van der Waals surface area contributed by atoms with Crippen molar-refractivity contribution in [2.75, 3.05) is 24.6 Å². The Balaban J connectivity index is 2.23. The van der Waals surface area contributed by atoms with Crippen LogP contribution in [0.1, 0.15) is 20.3 Å². The second-order valence-corrected chi connectivity index (χ2v) is 7.79.